The van der Waals surface area contributed by atoms with Crippen molar-refractivity contribution in [1.29, 1.82) is 0 Å². The second-order valence-electron chi connectivity index (χ2n) is 8.00. The number of Topliss-reactive ketones (excluding diaryl/α,β-unsaturated/α-hetero) is 1. The van der Waals surface area contributed by atoms with Crippen molar-refractivity contribution in [3.8, 4) is 0 Å². The smallest absolute Gasteiger partial charge is 0.152 e. The summed E-state index contributed by atoms with van der Waals surface area (Å²) in [5.74, 6) is 3.15. The Hall–Kier alpha value is -1.60. The first-order chi connectivity index (χ1) is 13.5. The average molecular weight is 420 g/mol. The lowest BCUT2D eigenvalue weighted by molar-refractivity contribution is -0.119. The Morgan fingerprint density at radius 2 is 2.25 bits per heavy atom. The quantitative estimate of drug-likeness (QED) is 0.661. The molecule has 4 rings (SSSR count). The van der Waals surface area contributed by atoms with Crippen LogP contribution >= 0.6 is 0 Å². The summed E-state index contributed by atoms with van der Waals surface area (Å²) < 4.78 is 14.8. The van der Waals surface area contributed by atoms with Crippen LogP contribution in [0.4, 0.5) is 15.9 Å². The molecule has 0 saturated heterocycles. The van der Waals surface area contributed by atoms with Crippen molar-refractivity contribution >= 4 is 37.9 Å². The van der Waals surface area contributed by atoms with Gasteiger partial charge in [0.05, 0.1) is 5.69 Å². The zero-order valence-corrected chi connectivity index (χ0v) is 17.7. The Labute approximate surface area is 172 Å². The van der Waals surface area contributed by atoms with E-state index < -0.39 is 0 Å². The summed E-state index contributed by atoms with van der Waals surface area (Å²) in [6.45, 7) is 2.05. The molecule has 0 radical (unpaired) electrons. The molecular formula is C21H26FN3OS2. The van der Waals surface area contributed by atoms with Gasteiger partial charge in [-0.25, -0.2) is 4.39 Å². The van der Waals surface area contributed by atoms with Crippen LogP contribution in [-0.4, -0.2) is 16.0 Å². The molecule has 1 aliphatic carbocycles. The Morgan fingerprint density at radius 1 is 1.39 bits per heavy atom. The third kappa shape index (κ3) is 4.20. The van der Waals surface area contributed by atoms with Gasteiger partial charge in [-0.15, -0.1) is 9.45 Å². The highest BCUT2D eigenvalue weighted by Crippen LogP contribution is 2.40. The number of aromatic nitrogens is 2. The lowest BCUT2D eigenvalue weighted by atomic mass is 9.96. The number of fused-ring (bicyclic) bond motifs is 1. The molecule has 150 valence electrons. The van der Waals surface area contributed by atoms with Gasteiger partial charge in [0.1, 0.15) is 5.78 Å². The van der Waals surface area contributed by atoms with E-state index in [0.717, 1.165) is 48.3 Å². The van der Waals surface area contributed by atoms with E-state index in [9.17, 15) is 9.18 Å². The fraction of sp³-hybridized carbons (Fsp3) is 0.524. The van der Waals surface area contributed by atoms with E-state index in [4.69, 9.17) is 11.2 Å². The number of aromatic amines is 1. The molecule has 4 nitrogen and oxygen atoms in total. The number of hydrogen-bond acceptors (Lipinski definition) is 4. The standard InChI is InChI=1S/C21H26FN3OS2/c1-2-3-16(26)9-13-4-5-14(8-13)19-10-20(25-24-19)23-18-7-6-15-11-28(27)12-17(15)21(18)22/h6-7,10,13-14H,2-5,8-9,11-12H2,1H3,(H2,23,24,25). The Morgan fingerprint density at radius 3 is 3.07 bits per heavy atom. The summed E-state index contributed by atoms with van der Waals surface area (Å²) in [7, 11) is -0.172. The predicted molar refractivity (Wildman–Crippen MR) is 115 cm³/mol. The zero-order valence-electron chi connectivity index (χ0n) is 16.1. The molecule has 28 heavy (non-hydrogen) atoms. The third-order valence-corrected chi connectivity index (χ3v) is 7.80. The fourth-order valence-corrected chi connectivity index (χ4v) is 6.52. The minimum absolute atomic E-state index is 0.172. The van der Waals surface area contributed by atoms with E-state index >= 15 is 0 Å². The molecule has 1 aromatic carbocycles. The van der Waals surface area contributed by atoms with Crippen LogP contribution in [0.15, 0.2) is 18.2 Å². The van der Waals surface area contributed by atoms with Crippen LogP contribution in [0.1, 0.15) is 68.2 Å². The number of ketones is 1. The minimum Gasteiger partial charge on any atom is -0.336 e. The second-order valence-corrected chi connectivity index (χ2v) is 10.9. The molecule has 0 spiro atoms. The molecule has 3 atom stereocenters. The lowest BCUT2D eigenvalue weighted by Gasteiger charge is -2.09. The van der Waals surface area contributed by atoms with Crippen molar-refractivity contribution in [3.05, 3.63) is 40.8 Å². The first-order valence-corrected chi connectivity index (χ1v) is 12.5. The summed E-state index contributed by atoms with van der Waals surface area (Å²) in [5.41, 5.74) is 3.33. The first-order valence-electron chi connectivity index (χ1n) is 10.0. The summed E-state index contributed by atoms with van der Waals surface area (Å²) >= 11 is 5.36. The minimum atomic E-state index is -0.197. The topological polar surface area (TPSA) is 57.8 Å². The predicted octanol–water partition coefficient (Wildman–Crippen LogP) is 5.03. The van der Waals surface area contributed by atoms with Gasteiger partial charge in [0.15, 0.2) is 11.6 Å². The molecular weight excluding hydrogens is 393 g/mol. The summed E-state index contributed by atoms with van der Waals surface area (Å²) in [4.78, 5) is 11.9. The third-order valence-electron chi connectivity index (χ3n) is 5.85. The monoisotopic (exact) mass is 419 g/mol. The second kappa shape index (κ2) is 8.41. The van der Waals surface area contributed by atoms with Gasteiger partial charge in [0.2, 0.25) is 0 Å². The number of H-pyrrole nitrogens is 1. The van der Waals surface area contributed by atoms with Gasteiger partial charge in [-0.2, -0.15) is 5.10 Å². The van der Waals surface area contributed by atoms with Crippen molar-refractivity contribution in [2.24, 2.45) is 5.92 Å². The number of anilines is 2. The van der Waals surface area contributed by atoms with Crippen molar-refractivity contribution < 1.29 is 9.18 Å². The van der Waals surface area contributed by atoms with Crippen LogP contribution in [0.25, 0.3) is 0 Å². The molecule has 1 aliphatic heterocycles. The van der Waals surface area contributed by atoms with Gasteiger partial charge in [-0.05, 0) is 43.2 Å². The fourth-order valence-electron chi connectivity index (χ4n) is 4.43. The van der Waals surface area contributed by atoms with Crippen LogP contribution in [0.3, 0.4) is 0 Å². The van der Waals surface area contributed by atoms with Crippen LogP contribution in [0, 0.1) is 11.7 Å². The normalized spacial score (nSPS) is 23.7. The highest BCUT2D eigenvalue weighted by atomic mass is 32.8. The molecule has 1 fully saturated rings. The number of halogens is 1. The Kier molecular flexibility index (Phi) is 5.92. The number of carbonyl (C=O) groups excluding carboxylic acids is 1. The molecule has 1 aromatic heterocycles. The maximum atomic E-state index is 14.8. The van der Waals surface area contributed by atoms with Crippen LogP contribution in [0.2, 0.25) is 0 Å². The van der Waals surface area contributed by atoms with E-state index in [0.29, 0.717) is 47.7 Å². The van der Waals surface area contributed by atoms with E-state index in [-0.39, 0.29) is 15.3 Å². The van der Waals surface area contributed by atoms with Crippen LogP contribution in [0.5, 0.6) is 0 Å². The summed E-state index contributed by atoms with van der Waals surface area (Å²) in [6.07, 6.45) is 5.50. The van der Waals surface area contributed by atoms with Gasteiger partial charge in [0, 0.05) is 47.6 Å². The maximum Gasteiger partial charge on any atom is 0.152 e. The highest BCUT2D eigenvalue weighted by molar-refractivity contribution is 8.28. The Balaban J connectivity index is 1.40. The molecule has 3 unspecified atom stereocenters. The van der Waals surface area contributed by atoms with E-state index in [1.54, 1.807) is 6.07 Å². The van der Waals surface area contributed by atoms with Crippen molar-refractivity contribution in [3.63, 3.8) is 0 Å². The van der Waals surface area contributed by atoms with Crippen LogP contribution in [-0.2, 0) is 36.9 Å². The molecule has 7 heteroatoms. The first kappa shape index (κ1) is 19.7. The van der Waals surface area contributed by atoms with E-state index in [1.807, 2.05) is 19.1 Å². The number of benzene rings is 1. The van der Waals surface area contributed by atoms with E-state index in [1.165, 1.54) is 0 Å². The number of rotatable bonds is 7. The molecule has 0 bridgehead atoms. The average Bonchev–Trinajstić information content (AvgIpc) is 3.37. The molecule has 2 aromatic rings. The van der Waals surface area contributed by atoms with E-state index in [2.05, 4.69) is 15.5 Å². The van der Waals surface area contributed by atoms with Gasteiger partial charge in [-0.1, -0.05) is 24.2 Å². The molecule has 2 aliphatic rings. The summed E-state index contributed by atoms with van der Waals surface area (Å²) in [5, 5.41) is 10.6. The highest BCUT2D eigenvalue weighted by Gasteiger charge is 2.28. The number of hydrogen-bond donors (Lipinski definition) is 2. The van der Waals surface area contributed by atoms with Gasteiger partial charge >= 0.3 is 0 Å². The molecule has 1 saturated carbocycles. The zero-order chi connectivity index (χ0) is 19.7. The number of nitrogens with zero attached hydrogens (tertiary/aromatic N) is 1. The molecule has 0 amide bonds. The number of carbonyl (C=O) groups is 1. The number of nitrogens with one attached hydrogen (secondary N) is 2. The van der Waals surface area contributed by atoms with Gasteiger partial charge < -0.3 is 5.32 Å². The maximum absolute atomic E-state index is 14.8. The van der Waals surface area contributed by atoms with Gasteiger partial charge in [0.25, 0.3) is 0 Å². The SMILES string of the molecule is CCCC(=O)CC1CCC(c2cc(Nc3ccc4c(c3F)CS(=S)C4)n[nH]2)C1. The summed E-state index contributed by atoms with van der Waals surface area (Å²) in [6, 6.07) is 5.74. The largest absolute Gasteiger partial charge is 0.336 e. The molecule has 2 heterocycles. The van der Waals surface area contributed by atoms with Crippen molar-refractivity contribution in [2.75, 3.05) is 5.32 Å². The van der Waals surface area contributed by atoms with Crippen molar-refractivity contribution in [2.45, 2.75) is 62.9 Å². The van der Waals surface area contributed by atoms with Crippen LogP contribution < -0.4 is 5.32 Å². The van der Waals surface area contributed by atoms with Gasteiger partial charge in [-0.3, -0.25) is 9.89 Å². The Bertz CT molecular complexity index is 911. The lowest BCUT2D eigenvalue weighted by Crippen LogP contribution is -2.05. The van der Waals surface area contributed by atoms with Crippen molar-refractivity contribution in [1.82, 2.24) is 10.2 Å². The molecule has 2 N–H and O–H groups in total.